The Morgan fingerprint density at radius 1 is 1.32 bits per heavy atom. The second kappa shape index (κ2) is 6.90. The topological polar surface area (TPSA) is 42.1 Å². The van der Waals surface area contributed by atoms with Crippen molar-refractivity contribution in [2.45, 2.75) is 65.0 Å². The molecule has 1 fully saturated rings. The monoisotopic (exact) mass is 261 g/mol. The van der Waals surface area contributed by atoms with Gasteiger partial charge in [0, 0.05) is 24.8 Å². The van der Waals surface area contributed by atoms with Gasteiger partial charge >= 0.3 is 0 Å². The summed E-state index contributed by atoms with van der Waals surface area (Å²) in [6.45, 7) is 6.23. The van der Waals surface area contributed by atoms with E-state index < -0.39 is 0 Å². The zero-order valence-corrected chi connectivity index (χ0v) is 12.4. The highest BCUT2D eigenvalue weighted by Gasteiger charge is 2.22. The van der Waals surface area contributed by atoms with Crippen LogP contribution in [-0.4, -0.2) is 17.6 Å². The number of hydrogen-bond donors (Lipinski definition) is 1. The average molecular weight is 261 g/mol. The summed E-state index contributed by atoms with van der Waals surface area (Å²) in [6, 6.07) is 5.01. The first kappa shape index (κ1) is 14.3. The first-order valence-corrected chi connectivity index (χ1v) is 7.75. The molecule has 0 aromatic carbocycles. The van der Waals surface area contributed by atoms with Crippen molar-refractivity contribution in [3.63, 3.8) is 0 Å². The Bertz CT molecular complexity index is 403. The van der Waals surface area contributed by atoms with Crippen molar-refractivity contribution in [1.82, 2.24) is 4.98 Å². The second-order valence-electron chi connectivity index (χ2n) is 5.53. The third-order valence-electron chi connectivity index (χ3n) is 4.06. The summed E-state index contributed by atoms with van der Waals surface area (Å²) in [7, 11) is 0. The van der Waals surface area contributed by atoms with Crippen molar-refractivity contribution < 1.29 is 0 Å². The molecule has 0 aliphatic carbocycles. The lowest BCUT2D eigenvalue weighted by Gasteiger charge is -2.36. The van der Waals surface area contributed by atoms with Crippen molar-refractivity contribution in [3.05, 3.63) is 23.4 Å². The molecule has 0 spiro atoms. The molecule has 1 atom stereocenters. The van der Waals surface area contributed by atoms with E-state index in [0.717, 1.165) is 25.2 Å². The van der Waals surface area contributed by atoms with Crippen LogP contribution in [0, 0.1) is 0 Å². The summed E-state index contributed by atoms with van der Waals surface area (Å²) in [6.07, 6.45) is 7.33. The van der Waals surface area contributed by atoms with Gasteiger partial charge in [-0.25, -0.2) is 4.98 Å². The Kier molecular flexibility index (Phi) is 5.20. The van der Waals surface area contributed by atoms with Crippen molar-refractivity contribution >= 4 is 5.82 Å². The predicted octanol–water partition coefficient (Wildman–Crippen LogP) is 3.26. The van der Waals surface area contributed by atoms with Crippen molar-refractivity contribution in [1.29, 1.82) is 0 Å². The van der Waals surface area contributed by atoms with E-state index in [4.69, 9.17) is 10.7 Å². The Morgan fingerprint density at radius 3 is 2.84 bits per heavy atom. The van der Waals surface area contributed by atoms with Crippen LogP contribution in [0.3, 0.4) is 0 Å². The zero-order valence-electron chi connectivity index (χ0n) is 12.4. The summed E-state index contributed by atoms with van der Waals surface area (Å²) in [5, 5.41) is 0. The maximum atomic E-state index is 5.83. The van der Waals surface area contributed by atoms with Gasteiger partial charge < -0.3 is 10.6 Å². The van der Waals surface area contributed by atoms with Gasteiger partial charge in [-0.2, -0.15) is 0 Å². The van der Waals surface area contributed by atoms with E-state index >= 15 is 0 Å². The molecule has 0 bridgehead atoms. The molecule has 19 heavy (non-hydrogen) atoms. The molecule has 0 amide bonds. The van der Waals surface area contributed by atoms with Gasteiger partial charge in [0.25, 0.3) is 0 Å². The van der Waals surface area contributed by atoms with Crippen molar-refractivity contribution in [3.8, 4) is 0 Å². The number of nitrogens with two attached hydrogens (primary N) is 1. The Hall–Kier alpha value is -1.09. The van der Waals surface area contributed by atoms with Crippen LogP contribution < -0.4 is 10.6 Å². The molecule has 0 radical (unpaired) electrons. The van der Waals surface area contributed by atoms with Crippen LogP contribution in [0.25, 0.3) is 0 Å². The molecule has 1 aromatic rings. The number of rotatable bonds is 5. The normalized spacial score (nSPS) is 19.7. The highest BCUT2D eigenvalue weighted by Crippen LogP contribution is 2.26. The fourth-order valence-electron chi connectivity index (χ4n) is 3.01. The highest BCUT2D eigenvalue weighted by molar-refractivity contribution is 5.44. The second-order valence-corrected chi connectivity index (χ2v) is 5.53. The SMILES string of the molecule is CCCc1cc(CN)cc(N2CCCCC2CC)n1. The van der Waals surface area contributed by atoms with Crippen LogP contribution in [0.1, 0.15) is 57.2 Å². The molecule has 1 aromatic heterocycles. The summed E-state index contributed by atoms with van der Waals surface area (Å²) in [5.74, 6) is 1.15. The van der Waals surface area contributed by atoms with Gasteiger partial charge in [-0.1, -0.05) is 20.3 Å². The molecular weight excluding hydrogens is 234 g/mol. The maximum absolute atomic E-state index is 5.83. The Morgan fingerprint density at radius 2 is 2.16 bits per heavy atom. The van der Waals surface area contributed by atoms with Crippen molar-refractivity contribution in [2.75, 3.05) is 11.4 Å². The number of hydrogen-bond acceptors (Lipinski definition) is 3. The van der Waals surface area contributed by atoms with Crippen LogP contribution in [0.2, 0.25) is 0 Å². The van der Waals surface area contributed by atoms with E-state index in [9.17, 15) is 0 Å². The minimum atomic E-state index is 0.608. The van der Waals surface area contributed by atoms with Crippen LogP contribution in [-0.2, 0) is 13.0 Å². The lowest BCUT2D eigenvalue weighted by atomic mass is 9.99. The summed E-state index contributed by atoms with van der Waals surface area (Å²) >= 11 is 0. The summed E-state index contributed by atoms with van der Waals surface area (Å²) in [4.78, 5) is 7.37. The first-order chi connectivity index (χ1) is 9.28. The summed E-state index contributed by atoms with van der Waals surface area (Å²) < 4.78 is 0. The van der Waals surface area contributed by atoms with Gasteiger partial charge in [0.1, 0.15) is 5.82 Å². The van der Waals surface area contributed by atoms with Gasteiger partial charge in [0.05, 0.1) is 0 Å². The van der Waals surface area contributed by atoms with Crippen molar-refractivity contribution in [2.24, 2.45) is 5.73 Å². The largest absolute Gasteiger partial charge is 0.354 e. The summed E-state index contributed by atoms with van der Waals surface area (Å²) in [5.41, 5.74) is 8.25. The molecular formula is C16H27N3. The maximum Gasteiger partial charge on any atom is 0.129 e. The van der Waals surface area contributed by atoms with Crippen LogP contribution in [0.15, 0.2) is 12.1 Å². The van der Waals surface area contributed by atoms with Gasteiger partial charge in [0.15, 0.2) is 0 Å². The quantitative estimate of drug-likeness (QED) is 0.884. The minimum absolute atomic E-state index is 0.608. The van der Waals surface area contributed by atoms with E-state index in [-0.39, 0.29) is 0 Å². The zero-order chi connectivity index (χ0) is 13.7. The predicted molar refractivity (Wildman–Crippen MR) is 81.4 cm³/mol. The van der Waals surface area contributed by atoms with Crippen LogP contribution >= 0.6 is 0 Å². The van der Waals surface area contributed by atoms with Crippen LogP contribution in [0.5, 0.6) is 0 Å². The van der Waals surface area contributed by atoms with Gasteiger partial charge in [0.2, 0.25) is 0 Å². The van der Waals surface area contributed by atoms with E-state index in [1.54, 1.807) is 0 Å². The number of piperidine rings is 1. The number of pyridine rings is 1. The Balaban J connectivity index is 2.28. The average Bonchev–Trinajstić information content (AvgIpc) is 2.47. The molecule has 1 saturated heterocycles. The molecule has 3 nitrogen and oxygen atoms in total. The fourth-order valence-corrected chi connectivity index (χ4v) is 3.01. The first-order valence-electron chi connectivity index (χ1n) is 7.75. The van der Waals surface area contributed by atoms with E-state index in [2.05, 4.69) is 30.9 Å². The minimum Gasteiger partial charge on any atom is -0.354 e. The molecule has 3 heteroatoms. The molecule has 2 heterocycles. The molecule has 106 valence electrons. The van der Waals surface area contributed by atoms with Gasteiger partial charge in [-0.3, -0.25) is 0 Å². The molecule has 1 unspecified atom stereocenters. The third kappa shape index (κ3) is 3.47. The Labute approximate surface area is 117 Å². The molecule has 0 saturated carbocycles. The lowest BCUT2D eigenvalue weighted by molar-refractivity contribution is 0.446. The number of nitrogens with zero attached hydrogens (tertiary/aromatic N) is 2. The molecule has 1 aliphatic heterocycles. The van der Waals surface area contributed by atoms with Gasteiger partial charge in [-0.05, 0) is 49.8 Å². The van der Waals surface area contributed by atoms with E-state index in [1.807, 2.05) is 0 Å². The van der Waals surface area contributed by atoms with Crippen LogP contribution in [0.4, 0.5) is 5.82 Å². The number of anilines is 1. The molecule has 2 rings (SSSR count). The smallest absolute Gasteiger partial charge is 0.129 e. The van der Waals surface area contributed by atoms with E-state index in [1.165, 1.54) is 36.9 Å². The molecule has 1 aliphatic rings. The fraction of sp³-hybridized carbons (Fsp3) is 0.688. The highest BCUT2D eigenvalue weighted by atomic mass is 15.2. The molecule has 2 N–H and O–H groups in total. The standard InChI is InChI=1S/C16H27N3/c1-3-7-14-10-13(12-17)11-16(18-14)19-9-6-5-8-15(19)4-2/h10-11,15H,3-9,12,17H2,1-2H3. The van der Waals surface area contributed by atoms with Gasteiger partial charge in [-0.15, -0.1) is 0 Å². The van der Waals surface area contributed by atoms with E-state index in [0.29, 0.717) is 12.6 Å². The lowest BCUT2D eigenvalue weighted by Crippen LogP contribution is -2.39. The number of aryl methyl sites for hydroxylation is 1. The number of aromatic nitrogens is 1. The third-order valence-corrected chi connectivity index (χ3v) is 4.06.